The third-order valence-corrected chi connectivity index (χ3v) is 7.06. The highest BCUT2D eigenvalue weighted by Gasteiger charge is 2.18. The van der Waals surface area contributed by atoms with E-state index in [4.69, 9.17) is 4.98 Å². The lowest BCUT2D eigenvalue weighted by Crippen LogP contribution is -2.19. The smallest absolute Gasteiger partial charge is 0.224 e. The number of aromatic nitrogens is 7. The van der Waals surface area contributed by atoms with Gasteiger partial charge in [-0.2, -0.15) is 5.10 Å². The van der Waals surface area contributed by atoms with Gasteiger partial charge in [0.05, 0.1) is 39.7 Å². The van der Waals surface area contributed by atoms with Crippen molar-refractivity contribution in [2.45, 2.75) is 34.1 Å². The van der Waals surface area contributed by atoms with Gasteiger partial charge in [0.1, 0.15) is 16.9 Å². The summed E-state index contributed by atoms with van der Waals surface area (Å²) in [5.41, 5.74) is 6.06. The molecule has 38 heavy (non-hydrogen) atoms. The molecule has 6 heterocycles. The molecule has 0 aliphatic rings. The first kappa shape index (κ1) is 23.9. The number of imidazole rings is 1. The molecule has 6 aromatic heterocycles. The molecule has 0 radical (unpaired) electrons. The average molecular weight is 523 g/mol. The van der Waals surface area contributed by atoms with Gasteiger partial charge in [0.2, 0.25) is 5.91 Å². The second-order valence-electron chi connectivity index (χ2n) is 10.5. The van der Waals surface area contributed by atoms with E-state index in [1.54, 1.807) is 36.1 Å². The van der Waals surface area contributed by atoms with Crippen molar-refractivity contribution in [3.05, 3.63) is 60.0 Å². The second-order valence-corrected chi connectivity index (χ2v) is 11.8. The van der Waals surface area contributed by atoms with Gasteiger partial charge < -0.3 is 10.3 Å². The van der Waals surface area contributed by atoms with Gasteiger partial charge >= 0.3 is 0 Å². The molecule has 0 saturated carbocycles. The molecule has 0 bridgehead atoms. The summed E-state index contributed by atoms with van der Waals surface area (Å²) in [6, 6.07) is 9.92. The van der Waals surface area contributed by atoms with Crippen molar-refractivity contribution in [2.75, 3.05) is 5.32 Å². The van der Waals surface area contributed by atoms with Crippen molar-refractivity contribution in [1.82, 2.24) is 35.1 Å². The summed E-state index contributed by atoms with van der Waals surface area (Å²) < 4.78 is 0. The predicted octanol–water partition coefficient (Wildman–Crippen LogP) is 6.37. The summed E-state index contributed by atoms with van der Waals surface area (Å²) in [4.78, 5) is 36.6. The second kappa shape index (κ2) is 9.14. The normalized spacial score (nSPS) is 11.9. The van der Waals surface area contributed by atoms with Crippen LogP contribution < -0.4 is 5.32 Å². The molecule has 0 fully saturated rings. The van der Waals surface area contributed by atoms with Crippen molar-refractivity contribution in [2.24, 2.45) is 5.41 Å². The van der Waals surface area contributed by atoms with E-state index in [0.717, 1.165) is 38.1 Å². The highest BCUT2D eigenvalue weighted by molar-refractivity contribution is 7.15. The van der Waals surface area contributed by atoms with Crippen molar-refractivity contribution in [3.63, 3.8) is 0 Å². The van der Waals surface area contributed by atoms with Gasteiger partial charge in [-0.25, -0.2) is 4.98 Å². The van der Waals surface area contributed by atoms with Crippen LogP contribution in [0.2, 0.25) is 0 Å². The van der Waals surface area contributed by atoms with Crippen molar-refractivity contribution in [1.29, 1.82) is 0 Å². The molecule has 6 aromatic rings. The van der Waals surface area contributed by atoms with E-state index in [2.05, 4.69) is 54.5 Å². The number of hydrogen-bond donors (Lipinski definition) is 3. The Labute approximate surface area is 222 Å². The zero-order valence-electron chi connectivity index (χ0n) is 21.5. The van der Waals surface area contributed by atoms with Crippen LogP contribution in [0.4, 0.5) is 5.69 Å². The number of aryl methyl sites for hydroxylation is 1. The van der Waals surface area contributed by atoms with E-state index in [-0.39, 0.29) is 11.3 Å². The summed E-state index contributed by atoms with van der Waals surface area (Å²) >= 11 is 1.69. The average Bonchev–Trinajstić information content (AvgIpc) is 3.60. The van der Waals surface area contributed by atoms with Gasteiger partial charge in [-0.3, -0.25) is 24.8 Å². The van der Waals surface area contributed by atoms with Crippen LogP contribution in [-0.4, -0.2) is 41.0 Å². The maximum absolute atomic E-state index is 12.4. The Morgan fingerprint density at radius 2 is 1.89 bits per heavy atom. The number of amides is 1. The molecular formula is C28H26N8OS. The first-order valence-electron chi connectivity index (χ1n) is 12.2. The van der Waals surface area contributed by atoms with E-state index < -0.39 is 0 Å². The van der Waals surface area contributed by atoms with E-state index in [0.29, 0.717) is 29.3 Å². The van der Waals surface area contributed by atoms with Gasteiger partial charge in [-0.1, -0.05) is 20.8 Å². The Balaban J connectivity index is 1.36. The monoisotopic (exact) mass is 522 g/mol. The summed E-state index contributed by atoms with van der Waals surface area (Å²) in [7, 11) is 0. The zero-order chi connectivity index (χ0) is 26.4. The van der Waals surface area contributed by atoms with Gasteiger partial charge in [0.25, 0.3) is 0 Å². The molecule has 0 aromatic carbocycles. The highest BCUT2D eigenvalue weighted by atomic mass is 32.1. The Morgan fingerprint density at radius 1 is 1.03 bits per heavy atom. The minimum Gasteiger partial charge on any atom is -0.336 e. The van der Waals surface area contributed by atoms with Crippen LogP contribution in [0.25, 0.3) is 55.3 Å². The standard InChI is InChI=1S/C28H26N8OS/c1-15-5-6-22(38-15)26-25-19(7-8-30-26)33-27(34-25)24-18-10-20(31-14-21(18)35-36-24)16-9-17(13-29-12-16)32-23(37)11-28(2,3)4/h5-10,12-14H,11H2,1-4H3,(H,32,37)(H,33,34)(H,35,36). The maximum Gasteiger partial charge on any atom is 0.224 e. The number of nitrogens with one attached hydrogen (secondary N) is 3. The molecule has 190 valence electrons. The third kappa shape index (κ3) is 4.66. The first-order chi connectivity index (χ1) is 18.2. The SMILES string of the molecule is Cc1ccc(-c2nccc3[nH]c(-c4n[nH]c5cnc(-c6cncc(NC(=O)CC(C)(C)C)c6)cc45)nc23)s1. The molecule has 1 amide bonds. The summed E-state index contributed by atoms with van der Waals surface area (Å²) in [5, 5.41) is 11.4. The van der Waals surface area contributed by atoms with E-state index in [9.17, 15) is 4.79 Å². The van der Waals surface area contributed by atoms with Crippen LogP contribution in [0.1, 0.15) is 32.1 Å². The number of fused-ring (bicyclic) bond motifs is 2. The fourth-order valence-electron chi connectivity index (χ4n) is 4.38. The lowest BCUT2D eigenvalue weighted by Gasteiger charge is -2.17. The lowest BCUT2D eigenvalue weighted by molar-refractivity contribution is -0.117. The molecule has 0 aliphatic heterocycles. The molecule has 3 N–H and O–H groups in total. The highest BCUT2D eigenvalue weighted by Crippen LogP contribution is 2.34. The van der Waals surface area contributed by atoms with E-state index in [1.165, 1.54) is 4.88 Å². The fraction of sp³-hybridized carbons (Fsp3) is 0.214. The number of thiophene rings is 1. The number of anilines is 1. The molecule has 0 saturated heterocycles. The first-order valence-corrected chi connectivity index (χ1v) is 13.1. The van der Waals surface area contributed by atoms with Gasteiger partial charge in [0.15, 0.2) is 5.82 Å². The number of carbonyl (C=O) groups is 1. The molecule has 0 atom stereocenters. The molecule has 6 rings (SSSR count). The Morgan fingerprint density at radius 3 is 2.68 bits per heavy atom. The van der Waals surface area contributed by atoms with Crippen LogP contribution in [0.3, 0.4) is 0 Å². The number of rotatable bonds is 5. The Bertz CT molecular complexity index is 1810. The fourth-order valence-corrected chi connectivity index (χ4v) is 5.25. The molecule has 9 nitrogen and oxygen atoms in total. The topological polar surface area (TPSA) is 125 Å². The number of pyridine rings is 3. The largest absolute Gasteiger partial charge is 0.336 e. The Hall–Kier alpha value is -4.44. The number of aromatic amines is 2. The molecular weight excluding hydrogens is 496 g/mol. The summed E-state index contributed by atoms with van der Waals surface area (Å²) in [6.07, 6.45) is 7.33. The number of hydrogen-bond acceptors (Lipinski definition) is 7. The number of H-pyrrole nitrogens is 2. The quantitative estimate of drug-likeness (QED) is 0.242. The van der Waals surface area contributed by atoms with Gasteiger partial charge in [0, 0.05) is 34.6 Å². The Kier molecular flexibility index (Phi) is 5.76. The maximum atomic E-state index is 12.4. The van der Waals surface area contributed by atoms with Crippen LogP contribution in [0.5, 0.6) is 0 Å². The van der Waals surface area contributed by atoms with Crippen molar-refractivity contribution < 1.29 is 4.79 Å². The summed E-state index contributed by atoms with van der Waals surface area (Å²) in [5.74, 6) is 0.598. The zero-order valence-corrected chi connectivity index (χ0v) is 22.3. The molecule has 10 heteroatoms. The number of nitrogens with zero attached hydrogens (tertiary/aromatic N) is 5. The molecule has 0 unspecified atom stereocenters. The lowest BCUT2D eigenvalue weighted by atomic mass is 9.92. The summed E-state index contributed by atoms with van der Waals surface area (Å²) in [6.45, 7) is 8.18. The van der Waals surface area contributed by atoms with Crippen molar-refractivity contribution in [3.8, 4) is 33.3 Å². The van der Waals surface area contributed by atoms with Gasteiger partial charge in [-0.15, -0.1) is 11.3 Å². The molecule has 0 aliphatic carbocycles. The van der Waals surface area contributed by atoms with E-state index in [1.807, 2.05) is 39.0 Å². The minimum absolute atomic E-state index is 0.0477. The molecule has 0 spiro atoms. The van der Waals surface area contributed by atoms with Crippen molar-refractivity contribution >= 4 is 44.9 Å². The van der Waals surface area contributed by atoms with Crippen LogP contribution in [0, 0.1) is 12.3 Å². The predicted molar refractivity (Wildman–Crippen MR) is 151 cm³/mol. The van der Waals surface area contributed by atoms with E-state index >= 15 is 0 Å². The minimum atomic E-state index is -0.102. The van der Waals surface area contributed by atoms with Crippen LogP contribution in [0.15, 0.2) is 55.1 Å². The van der Waals surface area contributed by atoms with Gasteiger partial charge in [-0.05, 0) is 42.7 Å². The van der Waals surface area contributed by atoms with Crippen LogP contribution in [-0.2, 0) is 4.79 Å². The van der Waals surface area contributed by atoms with Crippen LogP contribution >= 0.6 is 11.3 Å². The third-order valence-electron chi connectivity index (χ3n) is 6.05. The number of carbonyl (C=O) groups excluding carboxylic acids is 1.